The number of pyridine rings is 1. The second-order valence-corrected chi connectivity index (χ2v) is 7.56. The molecule has 156 valence electrons. The van der Waals surface area contributed by atoms with E-state index in [0.29, 0.717) is 19.8 Å². The fraction of sp³-hybridized carbons (Fsp3) is 0.320. The summed E-state index contributed by atoms with van der Waals surface area (Å²) in [5.74, 6) is 0.886. The van der Waals surface area contributed by atoms with Gasteiger partial charge in [-0.2, -0.15) is 0 Å². The van der Waals surface area contributed by atoms with Crippen LogP contribution in [-0.2, 0) is 17.8 Å². The summed E-state index contributed by atoms with van der Waals surface area (Å²) >= 11 is 0. The molecule has 2 atom stereocenters. The molecule has 0 radical (unpaired) electrons. The highest BCUT2D eigenvalue weighted by Crippen LogP contribution is 2.33. The number of aromatic nitrogens is 1. The summed E-state index contributed by atoms with van der Waals surface area (Å²) in [6.45, 7) is 5.42. The van der Waals surface area contributed by atoms with Gasteiger partial charge >= 0.3 is 0 Å². The normalized spacial score (nSPS) is 18.6. The highest BCUT2D eigenvalue weighted by atomic mass is 19.1. The highest BCUT2D eigenvalue weighted by Gasteiger charge is 2.34. The Balaban J connectivity index is 1.63. The average Bonchev–Trinajstić information content (AvgIpc) is 3.26. The minimum atomic E-state index is -0.214. The number of halogens is 1. The lowest BCUT2D eigenvalue weighted by molar-refractivity contribution is 0.131. The topological polar surface area (TPSA) is 34.6 Å². The van der Waals surface area contributed by atoms with Crippen molar-refractivity contribution in [2.75, 3.05) is 19.8 Å². The third-order valence-corrected chi connectivity index (χ3v) is 5.60. The monoisotopic (exact) mass is 406 g/mol. The Bertz CT molecular complexity index is 933. The van der Waals surface area contributed by atoms with Crippen molar-refractivity contribution >= 4 is 0 Å². The Morgan fingerprint density at radius 3 is 2.53 bits per heavy atom. The van der Waals surface area contributed by atoms with Gasteiger partial charge in [-0.3, -0.25) is 9.88 Å². The fourth-order valence-electron chi connectivity index (χ4n) is 4.09. The molecule has 0 unspecified atom stereocenters. The summed E-state index contributed by atoms with van der Waals surface area (Å²) in [6, 6.07) is 19.3. The Morgan fingerprint density at radius 2 is 1.77 bits per heavy atom. The zero-order valence-electron chi connectivity index (χ0n) is 17.2. The van der Waals surface area contributed by atoms with E-state index in [4.69, 9.17) is 9.47 Å². The number of rotatable bonds is 8. The number of hydrogen-bond donors (Lipinski definition) is 0. The van der Waals surface area contributed by atoms with Crippen molar-refractivity contribution in [2.24, 2.45) is 0 Å². The maximum Gasteiger partial charge on any atom is 0.123 e. The van der Waals surface area contributed by atoms with Gasteiger partial charge in [0.25, 0.3) is 0 Å². The third-order valence-electron chi connectivity index (χ3n) is 5.60. The molecule has 1 aromatic heterocycles. The van der Waals surface area contributed by atoms with Crippen LogP contribution >= 0.6 is 0 Å². The van der Waals surface area contributed by atoms with Crippen LogP contribution in [0.5, 0.6) is 5.75 Å². The van der Waals surface area contributed by atoms with Gasteiger partial charge in [0, 0.05) is 43.0 Å². The Kier molecular flexibility index (Phi) is 6.72. The smallest absolute Gasteiger partial charge is 0.123 e. The minimum absolute atomic E-state index is 0.179. The maximum atomic E-state index is 13.5. The number of nitrogens with zero attached hydrogens (tertiary/aromatic N) is 2. The van der Waals surface area contributed by atoms with E-state index >= 15 is 0 Å². The molecule has 0 amide bonds. The van der Waals surface area contributed by atoms with E-state index in [1.54, 1.807) is 0 Å². The first kappa shape index (κ1) is 20.5. The standard InChI is InChI=1S/C25H27FN2O2/c1-2-30-25-6-4-3-5-21(25)16-28(15-19-11-13-27-14-12-19)24-18-29-17-23(24)20-7-9-22(26)10-8-20/h3-14,23-24H,2,15-18H2,1H3/t23-,24+/m0/s1. The second-order valence-electron chi connectivity index (χ2n) is 7.56. The van der Waals surface area contributed by atoms with Gasteiger partial charge in [-0.25, -0.2) is 4.39 Å². The van der Waals surface area contributed by atoms with Gasteiger partial charge < -0.3 is 9.47 Å². The number of hydrogen-bond acceptors (Lipinski definition) is 4. The first-order valence-corrected chi connectivity index (χ1v) is 10.4. The van der Waals surface area contributed by atoms with Gasteiger partial charge in [-0.1, -0.05) is 30.3 Å². The van der Waals surface area contributed by atoms with E-state index in [-0.39, 0.29) is 17.8 Å². The molecule has 4 nitrogen and oxygen atoms in total. The lowest BCUT2D eigenvalue weighted by Crippen LogP contribution is -2.38. The van der Waals surface area contributed by atoms with E-state index in [1.165, 1.54) is 17.7 Å². The van der Waals surface area contributed by atoms with Crippen LogP contribution in [0.3, 0.4) is 0 Å². The van der Waals surface area contributed by atoms with E-state index in [0.717, 1.165) is 30.0 Å². The van der Waals surface area contributed by atoms with Gasteiger partial charge in [0.2, 0.25) is 0 Å². The summed E-state index contributed by atoms with van der Waals surface area (Å²) in [4.78, 5) is 6.58. The van der Waals surface area contributed by atoms with E-state index in [9.17, 15) is 4.39 Å². The molecule has 2 aromatic carbocycles. The first-order chi connectivity index (χ1) is 14.7. The predicted octanol–water partition coefficient (Wildman–Crippen LogP) is 4.80. The molecule has 0 N–H and O–H groups in total. The number of ether oxygens (including phenoxy) is 2. The summed E-state index contributed by atoms with van der Waals surface area (Å²) in [6.07, 6.45) is 3.65. The quantitative estimate of drug-likeness (QED) is 0.538. The van der Waals surface area contributed by atoms with Crippen LogP contribution in [0, 0.1) is 5.82 Å². The van der Waals surface area contributed by atoms with E-state index in [1.807, 2.05) is 61.8 Å². The molecule has 1 fully saturated rings. The minimum Gasteiger partial charge on any atom is -0.494 e. The van der Waals surface area contributed by atoms with Gasteiger partial charge in [0.15, 0.2) is 0 Å². The summed E-state index contributed by atoms with van der Waals surface area (Å²) in [5, 5.41) is 0. The molecule has 0 spiro atoms. The molecule has 5 heteroatoms. The highest BCUT2D eigenvalue weighted by molar-refractivity contribution is 5.34. The largest absolute Gasteiger partial charge is 0.494 e. The molecule has 1 saturated heterocycles. The molecule has 1 aliphatic heterocycles. The molecular weight excluding hydrogens is 379 g/mol. The SMILES string of the molecule is CCOc1ccccc1CN(Cc1ccncc1)[C@@H]1COC[C@H]1c1ccc(F)cc1. The van der Waals surface area contributed by atoms with Gasteiger partial charge in [0.1, 0.15) is 11.6 Å². The molecule has 3 aromatic rings. The van der Waals surface area contributed by atoms with Gasteiger partial charge in [0.05, 0.1) is 19.8 Å². The Hall–Kier alpha value is -2.76. The van der Waals surface area contributed by atoms with Crippen LogP contribution in [0.4, 0.5) is 4.39 Å². The van der Waals surface area contributed by atoms with Crippen molar-refractivity contribution in [2.45, 2.75) is 32.0 Å². The molecule has 0 bridgehead atoms. The number of para-hydroxylation sites is 1. The van der Waals surface area contributed by atoms with Gasteiger partial charge in [-0.15, -0.1) is 0 Å². The number of benzene rings is 2. The molecule has 30 heavy (non-hydrogen) atoms. The zero-order valence-corrected chi connectivity index (χ0v) is 17.2. The summed E-state index contributed by atoms with van der Waals surface area (Å²) in [5.41, 5.74) is 3.46. The van der Waals surface area contributed by atoms with Crippen LogP contribution in [0.25, 0.3) is 0 Å². The van der Waals surface area contributed by atoms with Crippen LogP contribution < -0.4 is 4.74 Å². The van der Waals surface area contributed by atoms with Crippen molar-refractivity contribution in [3.8, 4) is 5.75 Å². The maximum absolute atomic E-state index is 13.5. The first-order valence-electron chi connectivity index (χ1n) is 10.4. The van der Waals surface area contributed by atoms with E-state index < -0.39 is 0 Å². The molecule has 1 aliphatic rings. The van der Waals surface area contributed by atoms with Crippen molar-refractivity contribution in [1.82, 2.24) is 9.88 Å². The molecular formula is C25H27FN2O2. The van der Waals surface area contributed by atoms with Crippen molar-refractivity contribution in [3.05, 3.63) is 95.6 Å². The predicted molar refractivity (Wildman–Crippen MR) is 115 cm³/mol. The fourth-order valence-corrected chi connectivity index (χ4v) is 4.09. The average molecular weight is 407 g/mol. The van der Waals surface area contributed by atoms with Crippen LogP contribution in [-0.4, -0.2) is 35.7 Å². The molecule has 4 rings (SSSR count). The second kappa shape index (κ2) is 9.83. The van der Waals surface area contributed by atoms with Crippen molar-refractivity contribution < 1.29 is 13.9 Å². The Labute approximate surface area is 177 Å². The summed E-state index contributed by atoms with van der Waals surface area (Å²) in [7, 11) is 0. The molecule has 0 saturated carbocycles. The molecule has 0 aliphatic carbocycles. The Morgan fingerprint density at radius 1 is 1.00 bits per heavy atom. The third kappa shape index (κ3) is 4.86. The van der Waals surface area contributed by atoms with Gasteiger partial charge in [-0.05, 0) is 48.4 Å². The zero-order chi connectivity index (χ0) is 20.8. The van der Waals surface area contributed by atoms with E-state index in [2.05, 4.69) is 16.0 Å². The lowest BCUT2D eigenvalue weighted by atomic mass is 9.92. The van der Waals surface area contributed by atoms with Crippen LogP contribution in [0.2, 0.25) is 0 Å². The van der Waals surface area contributed by atoms with Crippen molar-refractivity contribution in [1.29, 1.82) is 0 Å². The lowest BCUT2D eigenvalue weighted by Gasteiger charge is -2.32. The summed E-state index contributed by atoms with van der Waals surface area (Å²) < 4.78 is 25.2. The van der Waals surface area contributed by atoms with Crippen LogP contribution in [0.1, 0.15) is 29.5 Å². The molecule has 2 heterocycles. The van der Waals surface area contributed by atoms with Crippen molar-refractivity contribution in [3.63, 3.8) is 0 Å². The van der Waals surface area contributed by atoms with Crippen LogP contribution in [0.15, 0.2) is 73.1 Å².